The fourth-order valence-electron chi connectivity index (χ4n) is 2.91. The van der Waals surface area contributed by atoms with Crippen molar-refractivity contribution in [3.8, 4) is 5.75 Å². The third kappa shape index (κ3) is 6.41. The lowest BCUT2D eigenvalue weighted by Gasteiger charge is -2.24. The maximum Gasteiger partial charge on any atom is 0.415 e. The van der Waals surface area contributed by atoms with Gasteiger partial charge in [0.15, 0.2) is 0 Å². The number of nitrogens with one attached hydrogen (secondary N) is 1. The predicted molar refractivity (Wildman–Crippen MR) is 113 cm³/mol. The van der Waals surface area contributed by atoms with Gasteiger partial charge in [0.25, 0.3) is 0 Å². The summed E-state index contributed by atoms with van der Waals surface area (Å²) in [6, 6.07) is 17.0. The van der Waals surface area contributed by atoms with E-state index in [-0.39, 0.29) is 17.9 Å². The van der Waals surface area contributed by atoms with Crippen LogP contribution in [0.1, 0.15) is 39.2 Å². The second-order valence-electron chi connectivity index (χ2n) is 7.22. The minimum absolute atomic E-state index is 0.00678. The van der Waals surface area contributed by atoms with Crippen molar-refractivity contribution in [3.05, 3.63) is 60.2 Å². The van der Waals surface area contributed by atoms with Gasteiger partial charge in [0.1, 0.15) is 5.75 Å². The van der Waals surface area contributed by atoms with E-state index in [2.05, 4.69) is 12.2 Å². The van der Waals surface area contributed by atoms with Crippen molar-refractivity contribution in [3.63, 3.8) is 0 Å². The number of ether oxygens (including phenoxy) is 1. The third-order valence-electron chi connectivity index (χ3n) is 4.80. The molecule has 28 heavy (non-hydrogen) atoms. The smallest absolute Gasteiger partial charge is 0.410 e. The molecule has 2 aromatic rings. The zero-order valence-corrected chi connectivity index (χ0v) is 17.1. The van der Waals surface area contributed by atoms with Gasteiger partial charge in [-0.05, 0) is 37.5 Å². The molecule has 0 aromatic heterocycles. The number of nitrogens with zero attached hydrogens (tertiary/aromatic N) is 1. The largest absolute Gasteiger partial charge is 0.415 e. The van der Waals surface area contributed by atoms with Crippen LogP contribution in [0.25, 0.3) is 0 Å². The molecular formula is C23H30N2O3. The second kappa shape index (κ2) is 10.5. The van der Waals surface area contributed by atoms with E-state index in [9.17, 15) is 9.59 Å². The molecule has 0 spiro atoms. The first-order valence-electron chi connectivity index (χ1n) is 9.80. The highest BCUT2D eigenvalue weighted by molar-refractivity contribution is 5.92. The normalized spacial score (nSPS) is 12.7. The summed E-state index contributed by atoms with van der Waals surface area (Å²) in [6.07, 6.45) is 2.12. The van der Waals surface area contributed by atoms with Crippen molar-refractivity contribution < 1.29 is 14.3 Å². The molecule has 0 aliphatic heterocycles. The van der Waals surface area contributed by atoms with Crippen LogP contribution in [0.2, 0.25) is 0 Å². The van der Waals surface area contributed by atoms with Crippen molar-refractivity contribution >= 4 is 17.7 Å². The summed E-state index contributed by atoms with van der Waals surface area (Å²) in [5, 5.41) is 2.88. The van der Waals surface area contributed by atoms with Gasteiger partial charge in [0.05, 0.1) is 0 Å². The molecular weight excluding hydrogens is 352 g/mol. The third-order valence-corrected chi connectivity index (χ3v) is 4.80. The predicted octanol–water partition coefficient (Wildman–Crippen LogP) is 5.12. The Balaban J connectivity index is 1.95. The monoisotopic (exact) mass is 382 g/mol. The molecule has 2 aromatic carbocycles. The van der Waals surface area contributed by atoms with E-state index >= 15 is 0 Å². The van der Waals surface area contributed by atoms with Gasteiger partial charge in [-0.15, -0.1) is 0 Å². The number of hydrogen-bond acceptors (Lipinski definition) is 3. The molecule has 0 bridgehead atoms. The first-order valence-corrected chi connectivity index (χ1v) is 9.80. The Morgan fingerprint density at radius 2 is 1.79 bits per heavy atom. The molecule has 5 nitrogen and oxygen atoms in total. The van der Waals surface area contributed by atoms with Crippen molar-refractivity contribution in [2.45, 2.75) is 46.1 Å². The highest BCUT2D eigenvalue weighted by atomic mass is 16.6. The van der Waals surface area contributed by atoms with Crippen LogP contribution in [-0.4, -0.2) is 30.0 Å². The summed E-state index contributed by atoms with van der Waals surface area (Å²) in [7, 11) is 1.73. The molecule has 2 atom stereocenters. The number of amides is 2. The number of anilines is 1. The molecule has 0 aliphatic rings. The molecule has 2 amide bonds. The maximum atomic E-state index is 12.5. The van der Waals surface area contributed by atoms with Crippen molar-refractivity contribution in [2.24, 2.45) is 5.92 Å². The van der Waals surface area contributed by atoms with Gasteiger partial charge in [-0.3, -0.25) is 4.79 Å². The molecule has 0 radical (unpaired) electrons. The fourth-order valence-corrected chi connectivity index (χ4v) is 2.91. The summed E-state index contributed by atoms with van der Waals surface area (Å²) in [6.45, 7) is 5.95. The number of carbonyl (C=O) groups is 2. The highest BCUT2D eigenvalue weighted by Gasteiger charge is 2.18. The average molecular weight is 383 g/mol. The average Bonchev–Trinajstić information content (AvgIpc) is 2.68. The Kier molecular flexibility index (Phi) is 8.05. The van der Waals surface area contributed by atoms with Crippen LogP contribution >= 0.6 is 0 Å². The molecule has 2 rings (SSSR count). The fraction of sp³-hybridized carbons (Fsp3) is 0.391. The Labute approximate surface area is 167 Å². The van der Waals surface area contributed by atoms with Gasteiger partial charge in [0, 0.05) is 30.8 Å². The molecule has 0 saturated heterocycles. The van der Waals surface area contributed by atoms with E-state index in [0.29, 0.717) is 11.4 Å². The van der Waals surface area contributed by atoms with Gasteiger partial charge >= 0.3 is 6.09 Å². The summed E-state index contributed by atoms with van der Waals surface area (Å²) < 4.78 is 5.50. The summed E-state index contributed by atoms with van der Waals surface area (Å²) in [4.78, 5) is 26.3. The van der Waals surface area contributed by atoms with Crippen LogP contribution in [0.4, 0.5) is 10.5 Å². The van der Waals surface area contributed by atoms with Crippen LogP contribution in [0.15, 0.2) is 54.6 Å². The molecule has 1 N–H and O–H groups in total. The molecule has 2 unspecified atom stereocenters. The Morgan fingerprint density at radius 1 is 1.07 bits per heavy atom. The van der Waals surface area contributed by atoms with E-state index in [1.807, 2.05) is 44.2 Å². The van der Waals surface area contributed by atoms with Gasteiger partial charge in [-0.1, -0.05) is 56.7 Å². The van der Waals surface area contributed by atoms with Gasteiger partial charge < -0.3 is 15.0 Å². The standard InChI is InChI=1S/C23H30N2O3/c1-5-10-17(2)22(26)24-20-13-9-14-21(16-20)28-23(27)25(4)18(3)15-19-11-7-6-8-12-19/h6-9,11-14,16-18H,5,10,15H2,1-4H3,(H,24,26). The van der Waals surface area contributed by atoms with Crippen molar-refractivity contribution in [2.75, 3.05) is 12.4 Å². The lowest BCUT2D eigenvalue weighted by atomic mass is 10.1. The Hall–Kier alpha value is -2.82. The van der Waals surface area contributed by atoms with Crippen LogP contribution in [-0.2, 0) is 11.2 Å². The second-order valence-corrected chi connectivity index (χ2v) is 7.22. The number of likely N-dealkylation sites (N-methyl/N-ethyl adjacent to an activating group) is 1. The molecule has 150 valence electrons. The van der Waals surface area contributed by atoms with Crippen LogP contribution in [0, 0.1) is 5.92 Å². The zero-order chi connectivity index (χ0) is 20.5. The van der Waals surface area contributed by atoms with Crippen LogP contribution in [0.3, 0.4) is 0 Å². The maximum absolute atomic E-state index is 12.5. The van der Waals surface area contributed by atoms with E-state index in [4.69, 9.17) is 4.74 Å². The lowest BCUT2D eigenvalue weighted by molar-refractivity contribution is -0.119. The molecule has 0 aliphatic carbocycles. The Morgan fingerprint density at radius 3 is 2.46 bits per heavy atom. The zero-order valence-electron chi connectivity index (χ0n) is 17.1. The molecule has 0 saturated carbocycles. The van der Waals surface area contributed by atoms with E-state index < -0.39 is 6.09 Å². The number of carbonyl (C=O) groups excluding carboxylic acids is 2. The Bertz CT molecular complexity index is 776. The quantitative estimate of drug-likeness (QED) is 0.689. The SMILES string of the molecule is CCCC(C)C(=O)Nc1cccc(OC(=O)N(C)C(C)Cc2ccccc2)c1. The van der Waals surface area contributed by atoms with E-state index in [1.54, 1.807) is 36.2 Å². The molecule has 5 heteroatoms. The highest BCUT2D eigenvalue weighted by Crippen LogP contribution is 2.20. The van der Waals surface area contributed by atoms with Crippen molar-refractivity contribution in [1.82, 2.24) is 4.90 Å². The number of rotatable bonds is 8. The van der Waals surface area contributed by atoms with Gasteiger partial charge in [0.2, 0.25) is 5.91 Å². The van der Waals surface area contributed by atoms with E-state index in [0.717, 1.165) is 19.3 Å². The summed E-state index contributed by atoms with van der Waals surface area (Å²) in [5.41, 5.74) is 1.79. The summed E-state index contributed by atoms with van der Waals surface area (Å²) in [5.74, 6) is 0.324. The number of hydrogen-bond donors (Lipinski definition) is 1. The first-order chi connectivity index (χ1) is 13.4. The minimum atomic E-state index is -0.425. The van der Waals surface area contributed by atoms with Crippen LogP contribution in [0.5, 0.6) is 5.75 Å². The molecule has 0 heterocycles. The van der Waals surface area contributed by atoms with E-state index in [1.165, 1.54) is 5.56 Å². The van der Waals surface area contributed by atoms with Gasteiger partial charge in [-0.2, -0.15) is 0 Å². The summed E-state index contributed by atoms with van der Waals surface area (Å²) >= 11 is 0. The van der Waals surface area contributed by atoms with Crippen molar-refractivity contribution in [1.29, 1.82) is 0 Å². The molecule has 0 fully saturated rings. The first kappa shape index (κ1) is 21.5. The topological polar surface area (TPSA) is 58.6 Å². The van der Waals surface area contributed by atoms with Crippen LogP contribution < -0.4 is 10.1 Å². The number of benzene rings is 2. The minimum Gasteiger partial charge on any atom is -0.410 e. The van der Waals surface area contributed by atoms with Gasteiger partial charge in [-0.25, -0.2) is 4.79 Å². The lowest BCUT2D eigenvalue weighted by Crippen LogP contribution is -2.38.